The third-order valence-corrected chi connectivity index (χ3v) is 5.12. The Morgan fingerprint density at radius 2 is 1.90 bits per heavy atom. The van der Waals surface area contributed by atoms with Crippen LogP contribution >= 0.6 is 11.6 Å². The van der Waals surface area contributed by atoms with E-state index < -0.39 is 22.7 Å². The average Bonchev–Trinajstić information content (AvgIpc) is 3.09. The summed E-state index contributed by atoms with van der Waals surface area (Å²) in [5, 5.41) is 1.87. The van der Waals surface area contributed by atoms with E-state index in [0.29, 0.717) is 13.0 Å². The van der Waals surface area contributed by atoms with Crippen LogP contribution in [0.5, 0.6) is 0 Å². The quantitative estimate of drug-likeness (QED) is 0.725. The molecular weight excluding hydrogens is 425 g/mol. The Bertz CT molecular complexity index is 817. The number of amides is 3. The zero-order valence-corrected chi connectivity index (χ0v) is 17.7. The van der Waals surface area contributed by atoms with Gasteiger partial charge in [-0.15, -0.1) is 0 Å². The topological polar surface area (TPSA) is 73.0 Å². The Morgan fingerprint density at radius 3 is 2.50 bits per heavy atom. The monoisotopic (exact) mass is 448 g/mol. The average molecular weight is 449 g/mol. The molecule has 0 radical (unpaired) electrons. The number of carbonyl (C=O) groups excluding carboxylic acids is 3. The van der Waals surface area contributed by atoms with Crippen molar-refractivity contribution in [3.63, 3.8) is 0 Å². The fourth-order valence-corrected chi connectivity index (χ4v) is 3.44. The van der Waals surface area contributed by atoms with E-state index in [0.717, 1.165) is 18.6 Å². The molecule has 1 aromatic carbocycles. The largest absolute Gasteiger partial charge is 0.417 e. The van der Waals surface area contributed by atoms with Crippen molar-refractivity contribution in [2.24, 2.45) is 0 Å². The number of halogens is 4. The smallest absolute Gasteiger partial charge is 0.347 e. The van der Waals surface area contributed by atoms with Crippen LogP contribution in [0, 0.1) is 0 Å². The highest BCUT2D eigenvalue weighted by molar-refractivity contribution is 6.31. The van der Waals surface area contributed by atoms with Gasteiger partial charge < -0.3 is 15.1 Å². The van der Waals surface area contributed by atoms with Crippen molar-refractivity contribution < 1.29 is 27.6 Å². The predicted molar refractivity (Wildman–Crippen MR) is 106 cm³/mol. The van der Waals surface area contributed by atoms with E-state index in [1.165, 1.54) is 22.9 Å². The number of nitrogens with zero attached hydrogens (tertiary/aromatic N) is 3. The lowest BCUT2D eigenvalue weighted by atomic mass is 10.2. The third kappa shape index (κ3) is 6.09. The van der Waals surface area contributed by atoms with Crippen molar-refractivity contribution in [3.8, 4) is 0 Å². The number of likely N-dealkylation sites (N-methyl/N-ethyl adjacent to an activating group) is 2. The van der Waals surface area contributed by atoms with Crippen LogP contribution in [0.4, 0.5) is 18.9 Å². The maximum atomic E-state index is 12.9. The molecule has 1 N–H and O–H groups in total. The summed E-state index contributed by atoms with van der Waals surface area (Å²) in [4.78, 5) is 41.3. The molecule has 0 aliphatic carbocycles. The first kappa shape index (κ1) is 23.9. The summed E-state index contributed by atoms with van der Waals surface area (Å²) in [7, 11) is 4.72. The van der Waals surface area contributed by atoms with Crippen LogP contribution < -0.4 is 5.32 Å². The van der Waals surface area contributed by atoms with Crippen molar-refractivity contribution >= 4 is 35.0 Å². The molecule has 7 nitrogen and oxygen atoms in total. The summed E-state index contributed by atoms with van der Waals surface area (Å²) in [5.41, 5.74) is -1.13. The molecular formula is C19H24ClF3N4O3. The van der Waals surface area contributed by atoms with Gasteiger partial charge in [0.1, 0.15) is 0 Å². The highest BCUT2D eigenvalue weighted by Gasteiger charge is 2.34. The number of likely N-dealkylation sites (tertiary alicyclic amines) is 1. The molecule has 0 bridgehead atoms. The Balaban J connectivity index is 1.94. The maximum absolute atomic E-state index is 12.9. The van der Waals surface area contributed by atoms with Crippen molar-refractivity contribution in [2.75, 3.05) is 46.1 Å². The predicted octanol–water partition coefficient (Wildman–Crippen LogP) is 2.31. The normalized spacial score (nSPS) is 17.0. The van der Waals surface area contributed by atoms with E-state index >= 15 is 0 Å². The molecule has 1 aromatic rings. The molecule has 1 aliphatic rings. The number of benzene rings is 1. The van der Waals surface area contributed by atoms with E-state index in [9.17, 15) is 27.6 Å². The van der Waals surface area contributed by atoms with Crippen LogP contribution in [0.1, 0.15) is 18.4 Å². The van der Waals surface area contributed by atoms with Gasteiger partial charge in [-0.25, -0.2) is 0 Å². The second kappa shape index (κ2) is 9.65. The first-order valence-corrected chi connectivity index (χ1v) is 9.63. The van der Waals surface area contributed by atoms with Gasteiger partial charge >= 0.3 is 6.18 Å². The van der Waals surface area contributed by atoms with Gasteiger partial charge in [0.25, 0.3) is 0 Å². The summed E-state index contributed by atoms with van der Waals surface area (Å²) in [6.07, 6.45) is -3.20. The standard InChI is InChI=1S/C19H24ClF3N4O3/c1-25(2)18(30)15-5-4-8-27(15)11-17(29)26(3)10-16(28)24-12-6-7-14(20)13(9-12)19(21,22)23/h6-7,9,15H,4-5,8,10-11H2,1-3H3,(H,24,28). The molecule has 1 saturated heterocycles. The zero-order chi connectivity index (χ0) is 22.6. The minimum atomic E-state index is -4.65. The first-order chi connectivity index (χ1) is 13.9. The Kier molecular flexibility index (Phi) is 7.70. The van der Waals surface area contributed by atoms with Gasteiger partial charge in [-0.05, 0) is 37.6 Å². The van der Waals surface area contributed by atoms with Gasteiger partial charge in [0, 0.05) is 26.8 Å². The number of anilines is 1. The van der Waals surface area contributed by atoms with E-state index in [1.54, 1.807) is 19.0 Å². The van der Waals surface area contributed by atoms with Gasteiger partial charge in [-0.3, -0.25) is 19.3 Å². The lowest BCUT2D eigenvalue weighted by Crippen LogP contribution is -2.47. The molecule has 0 aromatic heterocycles. The second-order valence-corrected chi connectivity index (χ2v) is 7.76. The maximum Gasteiger partial charge on any atom is 0.417 e. The first-order valence-electron chi connectivity index (χ1n) is 9.26. The Hall–Kier alpha value is -2.33. The lowest BCUT2D eigenvalue weighted by Gasteiger charge is -2.27. The van der Waals surface area contributed by atoms with Crippen LogP contribution in [0.2, 0.25) is 5.02 Å². The number of rotatable bonds is 6. The lowest BCUT2D eigenvalue weighted by molar-refractivity contribution is -0.138. The number of hydrogen-bond acceptors (Lipinski definition) is 4. The Labute approximate surface area is 177 Å². The molecule has 166 valence electrons. The van der Waals surface area contributed by atoms with E-state index in [4.69, 9.17) is 11.6 Å². The molecule has 1 aliphatic heterocycles. The fraction of sp³-hybridized carbons (Fsp3) is 0.526. The van der Waals surface area contributed by atoms with Gasteiger partial charge in [0.2, 0.25) is 17.7 Å². The van der Waals surface area contributed by atoms with E-state index in [1.807, 2.05) is 0 Å². The number of carbonyl (C=O) groups is 3. The minimum absolute atomic E-state index is 0.0206. The molecule has 3 amide bonds. The highest BCUT2D eigenvalue weighted by Crippen LogP contribution is 2.36. The summed E-state index contributed by atoms with van der Waals surface area (Å²) >= 11 is 5.56. The van der Waals surface area contributed by atoms with Crippen molar-refractivity contribution in [2.45, 2.75) is 25.1 Å². The van der Waals surface area contributed by atoms with Gasteiger partial charge in [-0.1, -0.05) is 11.6 Å². The van der Waals surface area contributed by atoms with Crippen molar-refractivity contribution in [3.05, 3.63) is 28.8 Å². The molecule has 11 heteroatoms. The van der Waals surface area contributed by atoms with Crippen molar-refractivity contribution in [1.82, 2.24) is 14.7 Å². The SMILES string of the molecule is CN(C)C(=O)C1CCCN1CC(=O)N(C)CC(=O)Nc1ccc(Cl)c(C(F)(F)F)c1. The van der Waals surface area contributed by atoms with E-state index in [-0.39, 0.29) is 36.6 Å². The van der Waals surface area contributed by atoms with Crippen LogP contribution in [-0.2, 0) is 20.6 Å². The molecule has 1 atom stereocenters. The molecule has 1 fully saturated rings. The summed E-state index contributed by atoms with van der Waals surface area (Å²) in [5.74, 6) is -1.09. The molecule has 0 saturated carbocycles. The third-order valence-electron chi connectivity index (χ3n) is 4.79. The van der Waals surface area contributed by atoms with Crippen LogP contribution in [0.25, 0.3) is 0 Å². The number of hydrogen-bond donors (Lipinski definition) is 1. The van der Waals surface area contributed by atoms with Crippen LogP contribution in [0.15, 0.2) is 18.2 Å². The fourth-order valence-electron chi connectivity index (χ4n) is 3.21. The number of nitrogens with one attached hydrogen (secondary N) is 1. The second-order valence-electron chi connectivity index (χ2n) is 7.35. The van der Waals surface area contributed by atoms with Gasteiger partial charge in [0.05, 0.1) is 29.7 Å². The van der Waals surface area contributed by atoms with Crippen LogP contribution in [0.3, 0.4) is 0 Å². The number of alkyl halides is 3. The molecule has 2 rings (SSSR count). The van der Waals surface area contributed by atoms with Crippen molar-refractivity contribution in [1.29, 1.82) is 0 Å². The summed E-state index contributed by atoms with van der Waals surface area (Å²) in [6, 6.07) is 2.66. The summed E-state index contributed by atoms with van der Waals surface area (Å²) < 4.78 is 38.8. The van der Waals surface area contributed by atoms with E-state index in [2.05, 4.69) is 5.32 Å². The Morgan fingerprint density at radius 1 is 1.23 bits per heavy atom. The molecule has 30 heavy (non-hydrogen) atoms. The summed E-state index contributed by atoms with van der Waals surface area (Å²) in [6.45, 7) is 0.233. The van der Waals surface area contributed by atoms with Crippen LogP contribution in [-0.4, -0.2) is 79.2 Å². The molecule has 1 unspecified atom stereocenters. The molecule has 0 spiro atoms. The van der Waals surface area contributed by atoms with Gasteiger partial charge in [0.15, 0.2) is 0 Å². The minimum Gasteiger partial charge on any atom is -0.347 e. The zero-order valence-electron chi connectivity index (χ0n) is 16.9. The van der Waals surface area contributed by atoms with Gasteiger partial charge in [-0.2, -0.15) is 13.2 Å². The molecule has 1 heterocycles. The highest BCUT2D eigenvalue weighted by atomic mass is 35.5.